The zero-order chi connectivity index (χ0) is 16.2. The predicted octanol–water partition coefficient (Wildman–Crippen LogP) is 3.24. The number of aromatic amines is 1. The first-order valence-electron chi connectivity index (χ1n) is 7.57. The Bertz CT molecular complexity index is 899. The maximum absolute atomic E-state index is 5.97. The topological polar surface area (TPSA) is 68.6 Å². The van der Waals surface area contributed by atoms with Gasteiger partial charge in [0, 0.05) is 12.4 Å². The highest BCUT2D eigenvalue weighted by Gasteiger charge is 2.08. The van der Waals surface area contributed by atoms with E-state index in [1.165, 1.54) is 6.33 Å². The van der Waals surface area contributed by atoms with Crippen molar-refractivity contribution in [2.24, 2.45) is 0 Å². The number of benzene rings is 2. The number of H-pyrrole nitrogens is 1. The normalized spacial score (nSPS) is 10.7. The second-order valence-electron chi connectivity index (χ2n) is 5.24. The van der Waals surface area contributed by atoms with Gasteiger partial charge in [-0.1, -0.05) is 24.3 Å². The second kappa shape index (κ2) is 6.37. The first-order chi connectivity index (χ1) is 11.9. The average molecular weight is 317 g/mol. The van der Waals surface area contributed by atoms with E-state index in [4.69, 9.17) is 4.74 Å². The van der Waals surface area contributed by atoms with Gasteiger partial charge in [-0.25, -0.2) is 9.67 Å². The van der Waals surface area contributed by atoms with Crippen LogP contribution in [0.15, 0.2) is 73.3 Å². The van der Waals surface area contributed by atoms with E-state index in [0.717, 1.165) is 22.6 Å². The molecule has 1 N–H and O–H groups in total. The number of para-hydroxylation sites is 1. The summed E-state index contributed by atoms with van der Waals surface area (Å²) in [7, 11) is 0. The molecular weight excluding hydrogens is 302 g/mol. The lowest BCUT2D eigenvalue weighted by atomic mass is 10.2. The van der Waals surface area contributed by atoms with E-state index in [1.807, 2.05) is 65.5 Å². The molecule has 0 bridgehead atoms. The minimum Gasteiger partial charge on any atom is -0.488 e. The smallest absolute Gasteiger partial charge is 0.159 e. The highest BCUT2D eigenvalue weighted by Crippen LogP contribution is 2.27. The van der Waals surface area contributed by atoms with Gasteiger partial charge in [0.1, 0.15) is 18.7 Å². The standard InChI is InChI=1S/C18H15N5O/c1-2-5-17(16(4-1)18-19-13-20-22-18)24-12-14-6-8-15(9-7-14)23-11-3-10-21-23/h1-11,13H,12H2,(H,19,20,22). The summed E-state index contributed by atoms with van der Waals surface area (Å²) in [6.45, 7) is 0.477. The maximum Gasteiger partial charge on any atom is 0.159 e. The van der Waals surface area contributed by atoms with Crippen molar-refractivity contribution in [1.29, 1.82) is 0 Å². The molecule has 2 heterocycles. The van der Waals surface area contributed by atoms with Crippen LogP contribution < -0.4 is 4.74 Å². The lowest BCUT2D eigenvalue weighted by Gasteiger charge is -2.10. The Balaban J connectivity index is 1.50. The Labute approximate surface area is 138 Å². The Morgan fingerprint density at radius 1 is 1.00 bits per heavy atom. The fraction of sp³-hybridized carbons (Fsp3) is 0.0556. The summed E-state index contributed by atoms with van der Waals surface area (Å²) in [5, 5.41) is 11.0. The summed E-state index contributed by atoms with van der Waals surface area (Å²) >= 11 is 0. The largest absolute Gasteiger partial charge is 0.488 e. The minimum absolute atomic E-state index is 0.477. The van der Waals surface area contributed by atoms with Gasteiger partial charge in [0.05, 0.1) is 11.3 Å². The molecule has 0 saturated carbocycles. The van der Waals surface area contributed by atoms with E-state index < -0.39 is 0 Å². The van der Waals surface area contributed by atoms with E-state index in [1.54, 1.807) is 6.20 Å². The monoisotopic (exact) mass is 317 g/mol. The van der Waals surface area contributed by atoms with Gasteiger partial charge in [-0.3, -0.25) is 5.10 Å². The summed E-state index contributed by atoms with van der Waals surface area (Å²) in [5.74, 6) is 1.46. The van der Waals surface area contributed by atoms with Gasteiger partial charge in [0.2, 0.25) is 0 Å². The van der Waals surface area contributed by atoms with Crippen LogP contribution in [-0.2, 0) is 6.61 Å². The molecule has 6 nitrogen and oxygen atoms in total. The third-order valence-corrected chi connectivity index (χ3v) is 3.66. The Kier molecular flexibility index (Phi) is 3.77. The van der Waals surface area contributed by atoms with Crippen molar-refractivity contribution in [3.05, 3.63) is 78.9 Å². The number of aromatic nitrogens is 5. The van der Waals surface area contributed by atoms with E-state index in [-0.39, 0.29) is 0 Å². The Hall–Kier alpha value is -3.41. The number of rotatable bonds is 5. The fourth-order valence-electron chi connectivity index (χ4n) is 2.45. The molecule has 0 atom stereocenters. The molecule has 0 aliphatic heterocycles. The summed E-state index contributed by atoms with van der Waals surface area (Å²) in [6.07, 6.45) is 5.16. The van der Waals surface area contributed by atoms with Crippen molar-refractivity contribution in [3.63, 3.8) is 0 Å². The first-order valence-corrected chi connectivity index (χ1v) is 7.57. The molecule has 0 unspecified atom stereocenters. The van der Waals surface area contributed by atoms with Crippen molar-refractivity contribution in [2.45, 2.75) is 6.61 Å². The number of hydrogen-bond donors (Lipinski definition) is 1. The van der Waals surface area contributed by atoms with Crippen LogP contribution in [0.5, 0.6) is 5.75 Å². The van der Waals surface area contributed by atoms with E-state index in [2.05, 4.69) is 20.3 Å². The Morgan fingerprint density at radius 2 is 1.88 bits per heavy atom. The van der Waals surface area contributed by atoms with Gasteiger partial charge >= 0.3 is 0 Å². The van der Waals surface area contributed by atoms with Gasteiger partial charge < -0.3 is 4.74 Å². The van der Waals surface area contributed by atoms with E-state index in [9.17, 15) is 0 Å². The minimum atomic E-state index is 0.477. The van der Waals surface area contributed by atoms with Crippen molar-refractivity contribution >= 4 is 0 Å². The molecular formula is C18H15N5O. The molecule has 0 aliphatic carbocycles. The molecule has 0 saturated heterocycles. The summed E-state index contributed by atoms with van der Waals surface area (Å²) < 4.78 is 7.79. The van der Waals surface area contributed by atoms with Crippen molar-refractivity contribution in [3.8, 4) is 22.8 Å². The van der Waals surface area contributed by atoms with Crippen LogP contribution in [0.3, 0.4) is 0 Å². The highest BCUT2D eigenvalue weighted by atomic mass is 16.5. The van der Waals surface area contributed by atoms with Crippen LogP contribution in [0.1, 0.15) is 5.56 Å². The van der Waals surface area contributed by atoms with Crippen molar-refractivity contribution in [1.82, 2.24) is 25.0 Å². The van der Waals surface area contributed by atoms with Crippen molar-refractivity contribution < 1.29 is 4.74 Å². The Morgan fingerprint density at radius 3 is 2.62 bits per heavy atom. The zero-order valence-corrected chi connectivity index (χ0v) is 12.8. The lowest BCUT2D eigenvalue weighted by Crippen LogP contribution is -1.99. The molecule has 4 aromatic rings. The van der Waals surface area contributed by atoms with Crippen LogP contribution in [-0.4, -0.2) is 25.0 Å². The summed E-state index contributed by atoms with van der Waals surface area (Å²) in [6, 6.07) is 17.8. The van der Waals surface area contributed by atoms with Gasteiger partial charge in [0.25, 0.3) is 0 Å². The van der Waals surface area contributed by atoms with Crippen LogP contribution in [0.4, 0.5) is 0 Å². The molecule has 0 radical (unpaired) electrons. The predicted molar refractivity (Wildman–Crippen MR) is 89.7 cm³/mol. The average Bonchev–Trinajstić information content (AvgIpc) is 3.34. The molecule has 6 heteroatoms. The second-order valence-corrected chi connectivity index (χ2v) is 5.24. The summed E-state index contributed by atoms with van der Waals surface area (Å²) in [5.41, 5.74) is 2.99. The van der Waals surface area contributed by atoms with Gasteiger partial charge in [-0.2, -0.15) is 10.2 Å². The van der Waals surface area contributed by atoms with Crippen LogP contribution >= 0.6 is 0 Å². The van der Waals surface area contributed by atoms with Crippen LogP contribution in [0.25, 0.3) is 17.1 Å². The van der Waals surface area contributed by atoms with Crippen molar-refractivity contribution in [2.75, 3.05) is 0 Å². The van der Waals surface area contributed by atoms with Gasteiger partial charge in [-0.15, -0.1) is 0 Å². The van der Waals surface area contributed by atoms with E-state index in [0.29, 0.717) is 12.4 Å². The number of ether oxygens (including phenoxy) is 1. The number of hydrogen-bond acceptors (Lipinski definition) is 4. The maximum atomic E-state index is 5.97. The van der Waals surface area contributed by atoms with Crippen LogP contribution in [0, 0.1) is 0 Å². The molecule has 0 amide bonds. The molecule has 0 aliphatic rings. The molecule has 4 rings (SSSR count). The molecule has 2 aromatic carbocycles. The first kappa shape index (κ1) is 14.2. The van der Waals surface area contributed by atoms with E-state index >= 15 is 0 Å². The highest BCUT2D eigenvalue weighted by molar-refractivity contribution is 5.63. The third kappa shape index (κ3) is 2.89. The molecule has 0 fully saturated rings. The molecule has 2 aromatic heterocycles. The van der Waals surface area contributed by atoms with Crippen LogP contribution in [0.2, 0.25) is 0 Å². The zero-order valence-electron chi connectivity index (χ0n) is 12.8. The van der Waals surface area contributed by atoms with Gasteiger partial charge in [0.15, 0.2) is 5.82 Å². The molecule has 24 heavy (non-hydrogen) atoms. The van der Waals surface area contributed by atoms with Gasteiger partial charge in [-0.05, 0) is 35.9 Å². The molecule has 0 spiro atoms. The molecule has 118 valence electrons. The lowest BCUT2D eigenvalue weighted by molar-refractivity contribution is 0.307. The third-order valence-electron chi connectivity index (χ3n) is 3.66. The SMILES string of the molecule is c1ccc(-c2ncn[nH]2)c(OCc2ccc(-n3cccn3)cc2)c1. The number of nitrogens with one attached hydrogen (secondary N) is 1. The quantitative estimate of drug-likeness (QED) is 0.613. The number of nitrogens with zero attached hydrogens (tertiary/aromatic N) is 4. The summed E-state index contributed by atoms with van der Waals surface area (Å²) in [4.78, 5) is 4.19. The fourth-order valence-corrected chi connectivity index (χ4v) is 2.45.